The maximum Gasteiger partial charge on any atom is 0.434 e. The molecule has 2 aromatic heterocycles. The number of hydrogen-bond acceptors (Lipinski definition) is 5. The van der Waals surface area contributed by atoms with Crippen LogP contribution in [0, 0.1) is 0 Å². The lowest BCUT2D eigenvalue weighted by Crippen LogP contribution is -2.37. The number of ether oxygens (including phenoxy) is 1. The average Bonchev–Trinajstić information content (AvgIpc) is 3.26. The minimum absolute atomic E-state index is 0.379. The van der Waals surface area contributed by atoms with Crippen LogP contribution in [-0.2, 0) is 25.7 Å². The van der Waals surface area contributed by atoms with Crippen LogP contribution in [0.4, 0.5) is 13.2 Å². The Labute approximate surface area is 182 Å². The van der Waals surface area contributed by atoms with Crippen molar-refractivity contribution in [1.82, 2.24) is 20.6 Å². The van der Waals surface area contributed by atoms with Gasteiger partial charge < -0.3 is 15.4 Å². The maximum atomic E-state index is 12.6. The predicted molar refractivity (Wildman–Crippen MR) is 114 cm³/mol. The van der Waals surface area contributed by atoms with E-state index in [-0.39, 0.29) is 0 Å². The molecule has 2 N–H and O–H groups in total. The summed E-state index contributed by atoms with van der Waals surface area (Å²) in [6.45, 7) is 1.36. The molecule has 3 aromatic rings. The molecule has 3 rings (SSSR count). The Morgan fingerprint density at radius 3 is 2.58 bits per heavy atom. The average molecular weight is 450 g/mol. The first-order valence-corrected chi connectivity index (χ1v) is 10.4. The van der Waals surface area contributed by atoms with Crippen molar-refractivity contribution in [3.8, 4) is 5.75 Å². The lowest BCUT2D eigenvalue weighted by atomic mass is 10.2. The summed E-state index contributed by atoms with van der Waals surface area (Å²) in [5.41, 5.74) is 1.04. The van der Waals surface area contributed by atoms with Gasteiger partial charge in [-0.1, -0.05) is 18.2 Å². The number of alkyl halides is 3. The Morgan fingerprint density at radius 2 is 1.94 bits per heavy atom. The van der Waals surface area contributed by atoms with Crippen molar-refractivity contribution in [2.24, 2.45) is 4.99 Å². The third kappa shape index (κ3) is 7.25. The first kappa shape index (κ1) is 22.5. The zero-order valence-electron chi connectivity index (χ0n) is 16.8. The highest BCUT2D eigenvalue weighted by molar-refractivity contribution is 7.09. The zero-order valence-corrected chi connectivity index (χ0v) is 17.6. The summed E-state index contributed by atoms with van der Waals surface area (Å²) in [4.78, 5) is 12.0. The van der Waals surface area contributed by atoms with Gasteiger partial charge in [0.25, 0.3) is 0 Å². The van der Waals surface area contributed by atoms with Gasteiger partial charge in [-0.2, -0.15) is 13.2 Å². The van der Waals surface area contributed by atoms with Gasteiger partial charge in [-0.15, -0.1) is 11.3 Å². The summed E-state index contributed by atoms with van der Waals surface area (Å²) in [5, 5.41) is 7.71. The Bertz CT molecular complexity index is 975. The molecule has 0 amide bonds. The summed E-state index contributed by atoms with van der Waals surface area (Å²) in [6, 6.07) is 13.3. The molecule has 0 unspecified atom stereocenters. The van der Waals surface area contributed by atoms with Crippen LogP contribution >= 0.6 is 11.3 Å². The van der Waals surface area contributed by atoms with E-state index in [1.165, 1.54) is 0 Å². The second-order valence-electron chi connectivity index (χ2n) is 6.48. The van der Waals surface area contributed by atoms with Gasteiger partial charge in [0.05, 0.1) is 10.7 Å². The lowest BCUT2D eigenvalue weighted by Gasteiger charge is -2.12. The van der Waals surface area contributed by atoms with Gasteiger partial charge in [-0.3, -0.25) is 9.98 Å². The van der Waals surface area contributed by atoms with Crippen molar-refractivity contribution in [3.63, 3.8) is 0 Å². The summed E-state index contributed by atoms with van der Waals surface area (Å²) < 4.78 is 43.5. The molecule has 0 radical (unpaired) electrons. The molecule has 10 heteroatoms. The second kappa shape index (κ2) is 10.8. The highest BCUT2D eigenvalue weighted by atomic mass is 32.1. The van der Waals surface area contributed by atoms with Crippen LogP contribution in [0.2, 0.25) is 0 Å². The number of nitrogens with zero attached hydrogens (tertiary/aromatic N) is 3. The molecule has 0 aliphatic carbocycles. The highest BCUT2D eigenvalue weighted by Crippen LogP contribution is 2.30. The molecule has 164 valence electrons. The fraction of sp³-hybridized carbons (Fsp3) is 0.286. The van der Waals surface area contributed by atoms with E-state index in [0.717, 1.165) is 33.7 Å². The van der Waals surface area contributed by atoms with Crippen molar-refractivity contribution in [2.75, 3.05) is 13.6 Å². The molecule has 31 heavy (non-hydrogen) atoms. The van der Waals surface area contributed by atoms with Crippen LogP contribution in [0.1, 0.15) is 22.0 Å². The van der Waals surface area contributed by atoms with E-state index in [9.17, 15) is 13.2 Å². The normalized spacial score (nSPS) is 11.9. The quantitative estimate of drug-likeness (QED) is 0.401. The summed E-state index contributed by atoms with van der Waals surface area (Å²) in [5.74, 6) is 1.31. The monoisotopic (exact) mass is 449 g/mol. The molecular formula is C21H22F3N5OS. The number of nitrogens with one attached hydrogen (secondary N) is 2. The molecule has 0 fully saturated rings. The first-order chi connectivity index (χ1) is 14.9. The Hall–Kier alpha value is -3.14. The van der Waals surface area contributed by atoms with Crippen molar-refractivity contribution in [3.05, 3.63) is 76.0 Å². The molecule has 0 aliphatic heterocycles. The van der Waals surface area contributed by atoms with Gasteiger partial charge in [0.1, 0.15) is 12.4 Å². The third-order valence-corrected chi connectivity index (χ3v) is 5.10. The van der Waals surface area contributed by atoms with Crippen LogP contribution in [0.15, 0.2) is 59.0 Å². The van der Waals surface area contributed by atoms with Gasteiger partial charge in [0, 0.05) is 38.1 Å². The van der Waals surface area contributed by atoms with E-state index in [0.29, 0.717) is 37.1 Å². The van der Waals surface area contributed by atoms with E-state index < -0.39 is 11.9 Å². The molecule has 0 bridgehead atoms. The Morgan fingerprint density at radius 1 is 1.13 bits per heavy atom. The van der Waals surface area contributed by atoms with Crippen LogP contribution in [0.5, 0.6) is 5.75 Å². The SMILES string of the molecule is CN=C(NCCc1nc(C(F)(F)F)cs1)NCc1ccc(OCc2ccccn2)cc1. The molecule has 0 atom stereocenters. The van der Waals surface area contributed by atoms with Gasteiger partial charge >= 0.3 is 6.18 Å². The number of pyridine rings is 1. The second-order valence-corrected chi connectivity index (χ2v) is 7.42. The van der Waals surface area contributed by atoms with Crippen LogP contribution in [0.25, 0.3) is 0 Å². The molecule has 0 spiro atoms. The van der Waals surface area contributed by atoms with Crippen LogP contribution in [-0.4, -0.2) is 29.5 Å². The van der Waals surface area contributed by atoms with Gasteiger partial charge in [0.2, 0.25) is 0 Å². The summed E-state index contributed by atoms with van der Waals surface area (Å²) >= 11 is 1.00. The van der Waals surface area contributed by atoms with E-state index in [1.807, 2.05) is 42.5 Å². The van der Waals surface area contributed by atoms with Crippen molar-refractivity contribution < 1.29 is 17.9 Å². The van der Waals surface area contributed by atoms with Gasteiger partial charge in [-0.05, 0) is 29.8 Å². The standard InChI is InChI=1S/C21H22F3N5OS/c1-25-20(27-11-9-19-29-18(14-31-19)21(22,23)24)28-12-15-5-7-17(8-6-15)30-13-16-4-2-3-10-26-16/h2-8,10,14H,9,11-13H2,1H3,(H2,25,27,28). The Balaban J connectivity index is 1.40. The van der Waals surface area contributed by atoms with Crippen LogP contribution < -0.4 is 15.4 Å². The zero-order chi connectivity index (χ0) is 22.1. The number of guanidine groups is 1. The van der Waals surface area contributed by atoms with Crippen molar-refractivity contribution >= 4 is 17.3 Å². The van der Waals surface area contributed by atoms with E-state index in [2.05, 4.69) is 25.6 Å². The number of rotatable bonds is 8. The molecule has 6 nitrogen and oxygen atoms in total. The molecule has 0 aliphatic rings. The highest BCUT2D eigenvalue weighted by Gasteiger charge is 2.33. The largest absolute Gasteiger partial charge is 0.487 e. The van der Waals surface area contributed by atoms with Crippen molar-refractivity contribution in [2.45, 2.75) is 25.7 Å². The minimum atomic E-state index is -4.40. The number of thiazole rings is 1. The maximum absolute atomic E-state index is 12.6. The topological polar surface area (TPSA) is 71.4 Å². The summed E-state index contributed by atoms with van der Waals surface area (Å²) in [7, 11) is 1.63. The number of benzene rings is 1. The van der Waals surface area contributed by atoms with Gasteiger partial charge in [-0.25, -0.2) is 4.98 Å². The molecule has 0 saturated heterocycles. The fourth-order valence-corrected chi connectivity index (χ4v) is 3.40. The third-order valence-electron chi connectivity index (χ3n) is 4.19. The first-order valence-electron chi connectivity index (χ1n) is 9.52. The lowest BCUT2D eigenvalue weighted by molar-refractivity contribution is -0.140. The summed E-state index contributed by atoms with van der Waals surface area (Å²) in [6.07, 6.45) is -2.30. The Kier molecular flexibility index (Phi) is 7.82. The number of halogens is 3. The number of hydrogen-bond donors (Lipinski definition) is 2. The smallest absolute Gasteiger partial charge is 0.434 e. The van der Waals surface area contributed by atoms with E-state index in [1.54, 1.807) is 13.2 Å². The molecular weight excluding hydrogens is 427 g/mol. The van der Waals surface area contributed by atoms with E-state index in [4.69, 9.17) is 4.74 Å². The molecule has 2 heterocycles. The van der Waals surface area contributed by atoms with Gasteiger partial charge in [0.15, 0.2) is 11.7 Å². The van der Waals surface area contributed by atoms with Crippen LogP contribution in [0.3, 0.4) is 0 Å². The number of aromatic nitrogens is 2. The fourth-order valence-electron chi connectivity index (χ4n) is 2.59. The predicted octanol–water partition coefficient (Wildman–Crippen LogP) is 4.04. The number of aliphatic imine (C=N–C) groups is 1. The minimum Gasteiger partial charge on any atom is -0.487 e. The molecule has 0 saturated carbocycles. The van der Waals surface area contributed by atoms with E-state index >= 15 is 0 Å². The molecule has 1 aromatic carbocycles. The van der Waals surface area contributed by atoms with Crippen molar-refractivity contribution in [1.29, 1.82) is 0 Å².